The Labute approximate surface area is 105 Å². The molecule has 2 aromatic rings. The number of rotatable bonds is 2. The van der Waals surface area contributed by atoms with Crippen LogP contribution >= 0.6 is 0 Å². The highest BCUT2D eigenvalue weighted by atomic mass is 19.2. The van der Waals surface area contributed by atoms with Gasteiger partial charge in [0.05, 0.1) is 5.52 Å². The molecule has 1 aromatic carbocycles. The Morgan fingerprint density at radius 1 is 1.21 bits per heavy atom. The maximum Gasteiger partial charge on any atom is 0.352 e. The van der Waals surface area contributed by atoms with Crippen LogP contribution in [-0.4, -0.2) is 15.6 Å². The van der Waals surface area contributed by atoms with Crippen LogP contribution in [0.5, 0.6) is 0 Å². The summed E-state index contributed by atoms with van der Waals surface area (Å²) in [6.45, 7) is 0. The van der Waals surface area contributed by atoms with Gasteiger partial charge in [0.1, 0.15) is 5.69 Å². The summed E-state index contributed by atoms with van der Waals surface area (Å²) in [5, 5.41) is 9.12. The second kappa shape index (κ2) is 3.88. The van der Waals surface area contributed by atoms with E-state index in [9.17, 15) is 18.4 Å². The molecule has 1 aromatic heterocycles. The molecule has 6 heteroatoms. The minimum absolute atomic E-state index is 0.00389. The molecule has 3 rings (SSSR count). The van der Waals surface area contributed by atoms with E-state index in [0.29, 0.717) is 0 Å². The number of halogens is 2. The second-order valence-corrected chi connectivity index (χ2v) is 4.58. The summed E-state index contributed by atoms with van der Waals surface area (Å²) in [6.07, 6.45) is 1.52. The van der Waals surface area contributed by atoms with Gasteiger partial charge in [-0.1, -0.05) is 0 Å². The number of aromatic carboxylic acids is 1. The first-order valence-electron chi connectivity index (χ1n) is 5.76. The number of hydrogen-bond donors (Lipinski definition) is 1. The number of hydrogen-bond acceptors (Lipinski definition) is 2. The summed E-state index contributed by atoms with van der Waals surface area (Å²) in [7, 11) is 0. The van der Waals surface area contributed by atoms with Crippen molar-refractivity contribution in [2.45, 2.75) is 18.9 Å². The summed E-state index contributed by atoms with van der Waals surface area (Å²) in [4.78, 5) is 23.0. The Hall–Kier alpha value is -2.24. The molecule has 0 amide bonds. The average molecular weight is 265 g/mol. The predicted octanol–water partition coefficient (Wildman–Crippen LogP) is 2.31. The minimum Gasteiger partial charge on any atom is -0.477 e. The van der Waals surface area contributed by atoms with Gasteiger partial charge in [0.2, 0.25) is 0 Å². The maximum absolute atomic E-state index is 13.3. The summed E-state index contributed by atoms with van der Waals surface area (Å²) >= 11 is 0. The van der Waals surface area contributed by atoms with Crippen LogP contribution in [0, 0.1) is 11.6 Å². The fourth-order valence-corrected chi connectivity index (χ4v) is 2.23. The molecule has 1 N–H and O–H groups in total. The van der Waals surface area contributed by atoms with Crippen LogP contribution in [-0.2, 0) is 0 Å². The number of benzene rings is 1. The van der Waals surface area contributed by atoms with Crippen molar-refractivity contribution in [2.75, 3.05) is 0 Å². The number of aromatic nitrogens is 1. The first-order valence-corrected chi connectivity index (χ1v) is 5.76. The molecule has 1 saturated carbocycles. The van der Waals surface area contributed by atoms with E-state index in [0.717, 1.165) is 31.0 Å². The standard InChI is InChI=1S/C13H9F2NO3/c14-8-3-7-10(4-9(8)15)16(6-1-2-6)11(13(18)19)5-12(7)17/h3-6H,1-2H2,(H,18,19). The quantitative estimate of drug-likeness (QED) is 0.906. The van der Waals surface area contributed by atoms with Crippen molar-refractivity contribution in [3.63, 3.8) is 0 Å². The summed E-state index contributed by atoms with van der Waals surface area (Å²) in [5.41, 5.74) is -0.680. The fourth-order valence-electron chi connectivity index (χ4n) is 2.23. The molecular formula is C13H9F2NO3. The Kier molecular flexibility index (Phi) is 2.41. The summed E-state index contributed by atoms with van der Waals surface area (Å²) in [5.74, 6) is -3.46. The molecule has 4 nitrogen and oxygen atoms in total. The number of pyridine rings is 1. The van der Waals surface area contributed by atoms with Gasteiger partial charge in [-0.15, -0.1) is 0 Å². The minimum atomic E-state index is -1.25. The van der Waals surface area contributed by atoms with E-state index < -0.39 is 23.0 Å². The van der Waals surface area contributed by atoms with Gasteiger partial charge < -0.3 is 9.67 Å². The van der Waals surface area contributed by atoms with Crippen molar-refractivity contribution >= 4 is 16.9 Å². The van der Waals surface area contributed by atoms with E-state index in [1.807, 2.05) is 0 Å². The number of fused-ring (bicyclic) bond motifs is 1. The number of carboxylic acids is 1. The van der Waals surface area contributed by atoms with Gasteiger partial charge in [-0.3, -0.25) is 4.79 Å². The van der Waals surface area contributed by atoms with Gasteiger partial charge >= 0.3 is 5.97 Å². The van der Waals surface area contributed by atoms with Crippen molar-refractivity contribution in [2.24, 2.45) is 0 Å². The van der Waals surface area contributed by atoms with Crippen LogP contribution in [0.1, 0.15) is 29.4 Å². The molecule has 0 saturated heterocycles. The number of nitrogens with zero attached hydrogens (tertiary/aromatic N) is 1. The largest absolute Gasteiger partial charge is 0.477 e. The van der Waals surface area contributed by atoms with Gasteiger partial charge in [0, 0.05) is 23.6 Å². The second-order valence-electron chi connectivity index (χ2n) is 4.58. The molecule has 0 aliphatic heterocycles. The molecule has 0 spiro atoms. The smallest absolute Gasteiger partial charge is 0.352 e. The van der Waals surface area contributed by atoms with Gasteiger partial charge in [-0.05, 0) is 18.9 Å². The highest BCUT2D eigenvalue weighted by Crippen LogP contribution is 2.38. The van der Waals surface area contributed by atoms with E-state index in [2.05, 4.69) is 0 Å². The van der Waals surface area contributed by atoms with Gasteiger partial charge in [0.25, 0.3) is 0 Å². The monoisotopic (exact) mass is 265 g/mol. The molecule has 1 aliphatic carbocycles. The van der Waals surface area contributed by atoms with Gasteiger partial charge in [0.15, 0.2) is 17.1 Å². The predicted molar refractivity (Wildman–Crippen MR) is 63.4 cm³/mol. The van der Waals surface area contributed by atoms with E-state index in [-0.39, 0.29) is 22.6 Å². The molecule has 1 heterocycles. The third-order valence-electron chi connectivity index (χ3n) is 3.22. The van der Waals surface area contributed by atoms with Crippen LogP contribution in [0.15, 0.2) is 23.0 Å². The fraction of sp³-hybridized carbons (Fsp3) is 0.231. The third-order valence-corrected chi connectivity index (χ3v) is 3.22. The molecular weight excluding hydrogens is 256 g/mol. The zero-order valence-electron chi connectivity index (χ0n) is 9.69. The van der Waals surface area contributed by atoms with E-state index in [4.69, 9.17) is 5.11 Å². The van der Waals surface area contributed by atoms with Gasteiger partial charge in [-0.25, -0.2) is 13.6 Å². The van der Waals surface area contributed by atoms with Crippen LogP contribution in [0.4, 0.5) is 8.78 Å². The summed E-state index contributed by atoms with van der Waals surface area (Å²) in [6, 6.07) is 2.59. The van der Waals surface area contributed by atoms with Crippen molar-refractivity contribution in [1.82, 2.24) is 4.57 Å². The highest BCUT2D eigenvalue weighted by molar-refractivity contribution is 5.90. The van der Waals surface area contributed by atoms with E-state index in [1.54, 1.807) is 0 Å². The zero-order chi connectivity index (χ0) is 13.7. The van der Waals surface area contributed by atoms with Gasteiger partial charge in [-0.2, -0.15) is 0 Å². The van der Waals surface area contributed by atoms with Crippen molar-refractivity contribution in [3.8, 4) is 0 Å². The Morgan fingerprint density at radius 3 is 2.42 bits per heavy atom. The number of carbonyl (C=O) groups is 1. The number of carboxylic acid groups (broad SMARTS) is 1. The Bertz CT molecular complexity index is 763. The zero-order valence-corrected chi connectivity index (χ0v) is 9.69. The lowest BCUT2D eigenvalue weighted by atomic mass is 10.1. The van der Waals surface area contributed by atoms with E-state index >= 15 is 0 Å². The van der Waals surface area contributed by atoms with Crippen LogP contribution in [0.25, 0.3) is 10.9 Å². The summed E-state index contributed by atoms with van der Waals surface area (Å²) < 4.78 is 27.9. The molecule has 1 aliphatic rings. The molecule has 19 heavy (non-hydrogen) atoms. The lowest BCUT2D eigenvalue weighted by Gasteiger charge is -2.13. The maximum atomic E-state index is 13.3. The molecule has 1 fully saturated rings. The average Bonchev–Trinajstić information content (AvgIpc) is 3.15. The van der Waals surface area contributed by atoms with Crippen LogP contribution in [0.3, 0.4) is 0 Å². The molecule has 0 radical (unpaired) electrons. The van der Waals surface area contributed by atoms with Crippen LogP contribution in [0.2, 0.25) is 0 Å². The molecule has 0 unspecified atom stereocenters. The molecule has 0 bridgehead atoms. The molecule has 98 valence electrons. The van der Waals surface area contributed by atoms with Crippen molar-refractivity contribution in [1.29, 1.82) is 0 Å². The Morgan fingerprint density at radius 2 is 1.84 bits per heavy atom. The Balaban J connectivity index is 2.47. The van der Waals surface area contributed by atoms with Crippen molar-refractivity contribution in [3.05, 3.63) is 45.8 Å². The van der Waals surface area contributed by atoms with Crippen molar-refractivity contribution < 1.29 is 18.7 Å². The topological polar surface area (TPSA) is 59.3 Å². The van der Waals surface area contributed by atoms with E-state index in [1.165, 1.54) is 4.57 Å². The molecule has 0 atom stereocenters. The highest BCUT2D eigenvalue weighted by Gasteiger charge is 2.29. The third kappa shape index (κ3) is 1.80. The SMILES string of the molecule is O=C(O)c1cc(=O)c2cc(F)c(F)cc2n1C1CC1. The lowest BCUT2D eigenvalue weighted by molar-refractivity contribution is 0.0684. The first kappa shape index (κ1) is 11.8. The van der Waals surface area contributed by atoms with Crippen LogP contribution < -0.4 is 5.43 Å². The first-order chi connectivity index (χ1) is 8.99. The normalized spacial score (nSPS) is 14.8. The lowest BCUT2D eigenvalue weighted by Crippen LogP contribution is -2.18.